The second kappa shape index (κ2) is 10.5. The number of aryl methyl sites for hydroxylation is 2. The van der Waals surface area contributed by atoms with Gasteiger partial charge in [-0.1, -0.05) is 30.3 Å². The molecule has 0 spiro atoms. The highest BCUT2D eigenvalue weighted by molar-refractivity contribution is 8.01. The molecule has 2 aromatic heterocycles. The molecule has 35 heavy (non-hydrogen) atoms. The van der Waals surface area contributed by atoms with Crippen LogP contribution in [-0.2, 0) is 24.4 Å². The Morgan fingerprint density at radius 1 is 1.00 bits per heavy atom. The van der Waals surface area contributed by atoms with Crippen LogP contribution in [0.5, 0.6) is 0 Å². The molecule has 0 aliphatic heterocycles. The van der Waals surface area contributed by atoms with Gasteiger partial charge in [-0.2, -0.15) is 5.10 Å². The zero-order chi connectivity index (χ0) is 25.0. The minimum Gasteiger partial charge on any atom is -0.480 e. The first-order valence-corrected chi connectivity index (χ1v) is 12.4. The smallest absolute Gasteiger partial charge is 0.319 e. The van der Waals surface area contributed by atoms with Crippen molar-refractivity contribution in [3.05, 3.63) is 101 Å². The number of aromatic nitrogens is 2. The zero-order valence-corrected chi connectivity index (χ0v) is 21.4. The number of carboxylic acid groups (broad SMARTS) is 1. The van der Waals surface area contributed by atoms with Crippen molar-refractivity contribution < 1.29 is 14.3 Å². The molecule has 0 bridgehead atoms. The van der Waals surface area contributed by atoms with Gasteiger partial charge in [0.1, 0.15) is 10.5 Å². The number of thioether (sulfide) groups is 1. The molecule has 1 N–H and O–H groups in total. The number of furan rings is 1. The molecule has 4 rings (SSSR count). The van der Waals surface area contributed by atoms with Crippen molar-refractivity contribution in [1.82, 2.24) is 14.7 Å². The Bertz CT molecular complexity index is 1280. The van der Waals surface area contributed by atoms with Crippen LogP contribution in [-0.4, -0.2) is 30.5 Å². The highest BCUT2D eigenvalue weighted by Crippen LogP contribution is 2.33. The fourth-order valence-corrected chi connectivity index (χ4v) is 4.81. The molecular weight excluding hydrogens is 458 g/mol. The van der Waals surface area contributed by atoms with Crippen LogP contribution in [0.1, 0.15) is 42.0 Å². The van der Waals surface area contributed by atoms with Crippen molar-refractivity contribution in [1.29, 1.82) is 0 Å². The minimum atomic E-state index is -0.875. The van der Waals surface area contributed by atoms with E-state index >= 15 is 0 Å². The summed E-state index contributed by atoms with van der Waals surface area (Å²) in [5, 5.41) is 14.3. The van der Waals surface area contributed by atoms with E-state index in [0.717, 1.165) is 33.2 Å². The van der Waals surface area contributed by atoms with E-state index in [1.807, 2.05) is 41.1 Å². The predicted molar refractivity (Wildman–Crippen MR) is 139 cm³/mol. The van der Waals surface area contributed by atoms with Crippen LogP contribution >= 0.6 is 11.8 Å². The Morgan fingerprint density at radius 2 is 1.74 bits per heavy atom. The first-order chi connectivity index (χ1) is 16.7. The molecule has 0 aliphatic carbocycles. The van der Waals surface area contributed by atoms with Gasteiger partial charge in [0.05, 0.1) is 24.2 Å². The molecule has 6 nitrogen and oxygen atoms in total. The van der Waals surface area contributed by atoms with E-state index in [-0.39, 0.29) is 0 Å². The minimum absolute atomic E-state index is 0.659. The Labute approximate surface area is 210 Å². The molecule has 182 valence electrons. The van der Waals surface area contributed by atoms with Gasteiger partial charge >= 0.3 is 5.97 Å². The Hall–Kier alpha value is -3.29. The van der Waals surface area contributed by atoms with Gasteiger partial charge in [-0.15, -0.1) is 11.8 Å². The van der Waals surface area contributed by atoms with E-state index in [9.17, 15) is 9.90 Å². The van der Waals surface area contributed by atoms with Crippen molar-refractivity contribution in [2.75, 3.05) is 0 Å². The number of hydrogen-bond donors (Lipinski definition) is 1. The fourth-order valence-electron chi connectivity index (χ4n) is 3.86. The summed E-state index contributed by atoms with van der Waals surface area (Å²) in [6.45, 7) is 9.67. The van der Waals surface area contributed by atoms with E-state index in [1.165, 1.54) is 17.3 Å². The Balaban J connectivity index is 1.53. The molecule has 0 aliphatic rings. The second-order valence-corrected chi connectivity index (χ2v) is 11.0. The van der Waals surface area contributed by atoms with Crippen molar-refractivity contribution in [3.8, 4) is 5.69 Å². The number of hydrogen-bond acceptors (Lipinski definition) is 5. The van der Waals surface area contributed by atoms with Crippen molar-refractivity contribution in [3.63, 3.8) is 0 Å². The predicted octanol–water partition coefficient (Wildman–Crippen LogP) is 6.24. The van der Waals surface area contributed by atoms with Gasteiger partial charge < -0.3 is 9.52 Å². The van der Waals surface area contributed by atoms with E-state index in [2.05, 4.69) is 49.2 Å². The van der Waals surface area contributed by atoms with Crippen molar-refractivity contribution in [2.24, 2.45) is 0 Å². The van der Waals surface area contributed by atoms with Crippen LogP contribution < -0.4 is 0 Å². The maximum absolute atomic E-state index is 11.5. The first kappa shape index (κ1) is 24.8. The zero-order valence-electron chi connectivity index (χ0n) is 20.6. The summed E-state index contributed by atoms with van der Waals surface area (Å²) in [4.78, 5) is 14.7. The summed E-state index contributed by atoms with van der Waals surface area (Å²) >= 11 is 1.35. The molecule has 7 heteroatoms. The average molecular weight is 490 g/mol. The van der Waals surface area contributed by atoms with E-state index in [4.69, 9.17) is 9.52 Å². The average Bonchev–Trinajstić information content (AvgIpc) is 3.45. The first-order valence-electron chi connectivity index (χ1n) is 11.6. The van der Waals surface area contributed by atoms with E-state index in [1.54, 1.807) is 20.1 Å². The fraction of sp³-hybridized carbons (Fsp3) is 0.286. The van der Waals surface area contributed by atoms with Crippen molar-refractivity contribution in [2.45, 2.75) is 57.0 Å². The largest absolute Gasteiger partial charge is 0.480 e. The molecule has 4 aromatic rings. The van der Waals surface area contributed by atoms with Gasteiger partial charge in [-0.3, -0.25) is 9.69 Å². The van der Waals surface area contributed by atoms with Gasteiger partial charge in [0.25, 0.3) is 0 Å². The van der Waals surface area contributed by atoms with E-state index in [0.29, 0.717) is 19.6 Å². The molecule has 0 amide bonds. The SMILES string of the molecule is Cc1ccccc1-n1cc(C)c(CN(Cc2ccc(SC(C)(C)C(=O)O)cc2)Cc2ccco2)n1. The maximum Gasteiger partial charge on any atom is 0.319 e. The topological polar surface area (TPSA) is 71.5 Å². The number of benzene rings is 2. The molecule has 0 saturated carbocycles. The van der Waals surface area contributed by atoms with Gasteiger partial charge in [-0.05, 0) is 74.7 Å². The molecule has 2 aromatic carbocycles. The van der Waals surface area contributed by atoms with Crippen LogP contribution in [0.25, 0.3) is 5.69 Å². The van der Waals surface area contributed by atoms with Gasteiger partial charge in [0, 0.05) is 24.2 Å². The summed E-state index contributed by atoms with van der Waals surface area (Å²) in [5.41, 5.74) is 5.57. The molecule has 2 heterocycles. The number of para-hydroxylation sites is 1. The standard InChI is InChI=1S/C28H31N3O3S/c1-20-8-5-6-10-26(20)31-16-21(2)25(29-31)19-30(18-23-9-7-15-34-23)17-22-11-13-24(14-12-22)35-28(3,4)27(32)33/h5-16H,17-19H2,1-4H3,(H,32,33). The van der Waals surface area contributed by atoms with Crippen LogP contribution in [0.3, 0.4) is 0 Å². The summed E-state index contributed by atoms with van der Waals surface area (Å²) in [7, 11) is 0. The lowest BCUT2D eigenvalue weighted by Gasteiger charge is -2.22. The third-order valence-corrected chi connectivity index (χ3v) is 7.11. The van der Waals surface area contributed by atoms with Crippen LogP contribution in [0.2, 0.25) is 0 Å². The lowest BCUT2D eigenvalue weighted by atomic mass is 10.2. The lowest BCUT2D eigenvalue weighted by Crippen LogP contribution is -2.26. The second-order valence-electron chi connectivity index (χ2n) is 9.28. The molecule has 0 atom stereocenters. The van der Waals surface area contributed by atoms with Gasteiger partial charge in [-0.25, -0.2) is 4.68 Å². The summed E-state index contributed by atoms with van der Waals surface area (Å²) in [6.07, 6.45) is 3.78. The normalized spacial score (nSPS) is 11.8. The molecular formula is C28H31N3O3S. The number of nitrogens with zero attached hydrogens (tertiary/aromatic N) is 3. The number of carbonyl (C=O) groups is 1. The lowest BCUT2D eigenvalue weighted by molar-refractivity contribution is -0.138. The monoisotopic (exact) mass is 489 g/mol. The van der Waals surface area contributed by atoms with Gasteiger partial charge in [0.15, 0.2) is 0 Å². The summed E-state index contributed by atoms with van der Waals surface area (Å²) < 4.78 is 6.71. The molecule has 0 fully saturated rings. The van der Waals surface area contributed by atoms with Crippen LogP contribution in [0.4, 0.5) is 0 Å². The quantitative estimate of drug-likeness (QED) is 0.266. The number of rotatable bonds is 10. The van der Waals surface area contributed by atoms with Crippen molar-refractivity contribution >= 4 is 17.7 Å². The number of carboxylic acids is 1. The third-order valence-electron chi connectivity index (χ3n) is 5.91. The maximum atomic E-state index is 11.5. The molecule has 0 radical (unpaired) electrons. The summed E-state index contributed by atoms with van der Waals surface area (Å²) in [5.74, 6) is 0.0769. The molecule has 0 saturated heterocycles. The summed E-state index contributed by atoms with van der Waals surface area (Å²) in [6, 6.07) is 20.2. The third kappa shape index (κ3) is 6.24. The highest BCUT2D eigenvalue weighted by Gasteiger charge is 2.28. The van der Waals surface area contributed by atoms with Gasteiger partial charge in [0.2, 0.25) is 0 Å². The highest BCUT2D eigenvalue weighted by atomic mass is 32.2. The van der Waals surface area contributed by atoms with Crippen LogP contribution in [0, 0.1) is 13.8 Å². The van der Waals surface area contributed by atoms with Crippen LogP contribution in [0.15, 0.2) is 82.4 Å². The Kier molecular flexibility index (Phi) is 7.48. The Morgan fingerprint density at radius 3 is 2.40 bits per heavy atom. The number of aliphatic carboxylic acids is 1. The molecule has 0 unspecified atom stereocenters. The van der Waals surface area contributed by atoms with E-state index < -0.39 is 10.7 Å².